The smallest absolute Gasteiger partial charge is 0.270 e. The van der Waals surface area contributed by atoms with Crippen molar-refractivity contribution in [2.75, 3.05) is 0 Å². The molecule has 1 saturated carbocycles. The van der Waals surface area contributed by atoms with Crippen LogP contribution in [0.2, 0.25) is 0 Å². The third-order valence-electron chi connectivity index (χ3n) is 3.89. The minimum Gasteiger partial charge on any atom is -0.341 e. The number of hydrogen-bond donors (Lipinski definition) is 1. The van der Waals surface area contributed by atoms with E-state index >= 15 is 0 Å². The van der Waals surface area contributed by atoms with E-state index in [-0.39, 0.29) is 11.4 Å². The molecule has 2 aromatic rings. The molecule has 0 bridgehead atoms. The van der Waals surface area contributed by atoms with Crippen LogP contribution in [-0.2, 0) is 5.54 Å². The molecule has 0 aliphatic heterocycles. The first-order valence-corrected chi connectivity index (χ1v) is 6.87. The molecule has 1 aliphatic carbocycles. The number of nitrogens with one attached hydrogen (secondary N) is 1. The van der Waals surface area contributed by atoms with Gasteiger partial charge in [0.25, 0.3) is 5.91 Å². The Labute approximate surface area is 118 Å². The van der Waals surface area contributed by atoms with E-state index in [0.717, 1.165) is 19.3 Å². The van der Waals surface area contributed by atoms with Gasteiger partial charge in [-0.15, -0.1) is 0 Å². The maximum atomic E-state index is 12.4. The van der Waals surface area contributed by atoms with E-state index in [4.69, 9.17) is 0 Å². The largest absolute Gasteiger partial charge is 0.341 e. The maximum Gasteiger partial charge on any atom is 0.270 e. The van der Waals surface area contributed by atoms with Gasteiger partial charge < -0.3 is 5.32 Å². The van der Waals surface area contributed by atoms with Crippen LogP contribution in [0.1, 0.15) is 41.1 Å². The number of hydrogen-bond acceptors (Lipinski definition) is 3. The number of aromatic nitrogens is 2. The molecular weight excluding hydrogens is 250 g/mol. The number of benzene rings is 1. The van der Waals surface area contributed by atoms with Crippen LogP contribution in [0.5, 0.6) is 0 Å². The van der Waals surface area contributed by atoms with Crippen LogP contribution in [0.4, 0.5) is 0 Å². The predicted molar refractivity (Wildman–Crippen MR) is 76.2 cm³/mol. The van der Waals surface area contributed by atoms with E-state index < -0.39 is 0 Å². The Morgan fingerprint density at radius 2 is 1.95 bits per heavy atom. The summed E-state index contributed by atoms with van der Waals surface area (Å²) < 4.78 is 0. The summed E-state index contributed by atoms with van der Waals surface area (Å²) in [4.78, 5) is 20.6. The van der Waals surface area contributed by atoms with Crippen LogP contribution in [0.15, 0.2) is 42.6 Å². The predicted octanol–water partition coefficient (Wildman–Crippen LogP) is 2.59. The van der Waals surface area contributed by atoms with E-state index in [9.17, 15) is 4.79 Å². The first-order chi connectivity index (χ1) is 9.70. The Balaban J connectivity index is 1.84. The van der Waals surface area contributed by atoms with Gasteiger partial charge in [0, 0.05) is 6.20 Å². The van der Waals surface area contributed by atoms with Gasteiger partial charge in [0.15, 0.2) is 0 Å². The summed E-state index contributed by atoms with van der Waals surface area (Å²) in [5.41, 5.74) is 1.38. The molecule has 1 aromatic heterocycles. The molecule has 1 aliphatic rings. The second-order valence-electron chi connectivity index (χ2n) is 5.24. The van der Waals surface area contributed by atoms with Gasteiger partial charge in [0.1, 0.15) is 11.5 Å². The number of aryl methyl sites for hydroxylation is 1. The molecule has 0 unspecified atom stereocenters. The first kappa shape index (κ1) is 12.8. The highest BCUT2D eigenvalue weighted by molar-refractivity contribution is 5.92. The summed E-state index contributed by atoms with van der Waals surface area (Å²) in [5.74, 6) is 0.485. The fourth-order valence-corrected chi connectivity index (χ4v) is 2.64. The average Bonchev–Trinajstić information content (AvgIpc) is 2.43. The molecule has 0 atom stereocenters. The monoisotopic (exact) mass is 267 g/mol. The molecule has 1 fully saturated rings. The number of nitrogens with zero attached hydrogens (tertiary/aromatic N) is 2. The van der Waals surface area contributed by atoms with Crippen molar-refractivity contribution in [2.45, 2.75) is 31.7 Å². The van der Waals surface area contributed by atoms with Gasteiger partial charge in [-0.2, -0.15) is 0 Å². The molecule has 1 heterocycles. The lowest BCUT2D eigenvalue weighted by Crippen LogP contribution is -2.51. The molecule has 1 aromatic carbocycles. The molecule has 20 heavy (non-hydrogen) atoms. The molecule has 4 nitrogen and oxygen atoms in total. The zero-order valence-electron chi connectivity index (χ0n) is 11.5. The van der Waals surface area contributed by atoms with Gasteiger partial charge in [0.2, 0.25) is 0 Å². The summed E-state index contributed by atoms with van der Waals surface area (Å²) >= 11 is 0. The Morgan fingerprint density at radius 1 is 1.20 bits per heavy atom. The van der Waals surface area contributed by atoms with E-state index in [0.29, 0.717) is 11.5 Å². The third-order valence-corrected chi connectivity index (χ3v) is 3.89. The minimum absolute atomic E-state index is 0.126. The summed E-state index contributed by atoms with van der Waals surface area (Å²) in [6.45, 7) is 1.78. The van der Waals surface area contributed by atoms with Crippen LogP contribution in [0, 0.1) is 6.92 Å². The number of rotatable bonds is 3. The van der Waals surface area contributed by atoms with Gasteiger partial charge in [-0.1, -0.05) is 30.3 Å². The Hall–Kier alpha value is -2.23. The molecule has 0 saturated heterocycles. The maximum absolute atomic E-state index is 12.4. The fourth-order valence-electron chi connectivity index (χ4n) is 2.64. The van der Waals surface area contributed by atoms with Crippen molar-refractivity contribution in [3.05, 3.63) is 59.7 Å². The first-order valence-electron chi connectivity index (χ1n) is 6.87. The van der Waals surface area contributed by atoms with Crippen molar-refractivity contribution < 1.29 is 4.79 Å². The zero-order chi connectivity index (χ0) is 14.0. The molecule has 102 valence electrons. The zero-order valence-corrected chi connectivity index (χ0v) is 11.5. The van der Waals surface area contributed by atoms with Crippen molar-refractivity contribution in [3.63, 3.8) is 0 Å². The third kappa shape index (κ3) is 2.29. The normalized spacial score (nSPS) is 16.2. The standard InChI is InChI=1S/C16H17N3O/c1-12-17-11-8-14(18-12)15(20)19-16(9-5-10-16)13-6-3-2-4-7-13/h2-4,6-8,11H,5,9-10H2,1H3,(H,19,20). The van der Waals surface area contributed by atoms with Crippen LogP contribution in [0.25, 0.3) is 0 Å². The second kappa shape index (κ2) is 5.04. The lowest BCUT2D eigenvalue weighted by molar-refractivity contribution is 0.0817. The summed E-state index contributed by atoms with van der Waals surface area (Å²) in [6, 6.07) is 11.8. The fraction of sp³-hybridized carbons (Fsp3) is 0.312. The van der Waals surface area contributed by atoms with Gasteiger partial charge >= 0.3 is 0 Å². The van der Waals surface area contributed by atoms with E-state index in [1.165, 1.54) is 5.56 Å². The summed E-state index contributed by atoms with van der Waals surface area (Å²) in [6.07, 6.45) is 4.71. The summed E-state index contributed by atoms with van der Waals surface area (Å²) in [5, 5.41) is 3.16. The van der Waals surface area contributed by atoms with Gasteiger partial charge in [-0.3, -0.25) is 4.79 Å². The van der Waals surface area contributed by atoms with Crippen molar-refractivity contribution in [1.82, 2.24) is 15.3 Å². The van der Waals surface area contributed by atoms with Crippen molar-refractivity contribution in [2.24, 2.45) is 0 Å². The van der Waals surface area contributed by atoms with Crippen LogP contribution < -0.4 is 5.32 Å². The van der Waals surface area contributed by atoms with E-state index in [1.807, 2.05) is 18.2 Å². The Morgan fingerprint density at radius 3 is 2.55 bits per heavy atom. The van der Waals surface area contributed by atoms with Gasteiger partial charge in [-0.25, -0.2) is 9.97 Å². The molecule has 1 N–H and O–H groups in total. The molecule has 0 spiro atoms. The molecular formula is C16H17N3O. The topological polar surface area (TPSA) is 54.9 Å². The molecule has 1 amide bonds. The van der Waals surface area contributed by atoms with E-state index in [1.54, 1.807) is 19.2 Å². The SMILES string of the molecule is Cc1nccc(C(=O)NC2(c3ccccc3)CCC2)n1. The number of carbonyl (C=O) groups excluding carboxylic acids is 1. The quantitative estimate of drug-likeness (QED) is 0.930. The van der Waals surface area contributed by atoms with Crippen LogP contribution >= 0.6 is 0 Å². The number of carbonyl (C=O) groups is 1. The minimum atomic E-state index is -0.225. The highest BCUT2D eigenvalue weighted by atomic mass is 16.2. The van der Waals surface area contributed by atoms with Gasteiger partial charge in [-0.05, 0) is 37.8 Å². The lowest BCUT2D eigenvalue weighted by Gasteiger charge is -2.43. The lowest BCUT2D eigenvalue weighted by atomic mass is 9.71. The highest BCUT2D eigenvalue weighted by Gasteiger charge is 2.40. The molecule has 0 radical (unpaired) electrons. The highest BCUT2D eigenvalue weighted by Crippen LogP contribution is 2.41. The Bertz CT molecular complexity index is 621. The van der Waals surface area contributed by atoms with Crippen molar-refractivity contribution in [1.29, 1.82) is 0 Å². The van der Waals surface area contributed by atoms with Crippen molar-refractivity contribution in [3.8, 4) is 0 Å². The molecule has 4 heteroatoms. The van der Waals surface area contributed by atoms with Crippen LogP contribution in [-0.4, -0.2) is 15.9 Å². The average molecular weight is 267 g/mol. The van der Waals surface area contributed by atoms with Gasteiger partial charge in [0.05, 0.1) is 5.54 Å². The Kier molecular flexibility index (Phi) is 3.22. The molecule has 3 rings (SSSR count). The van der Waals surface area contributed by atoms with Crippen LogP contribution in [0.3, 0.4) is 0 Å². The summed E-state index contributed by atoms with van der Waals surface area (Å²) in [7, 11) is 0. The van der Waals surface area contributed by atoms with E-state index in [2.05, 4.69) is 27.4 Å². The second-order valence-corrected chi connectivity index (χ2v) is 5.24. The van der Waals surface area contributed by atoms with Crippen molar-refractivity contribution >= 4 is 5.91 Å². The number of amides is 1.